The summed E-state index contributed by atoms with van der Waals surface area (Å²) in [7, 11) is 0. The number of hydrogen-bond donors (Lipinski definition) is 2. The maximum absolute atomic E-state index is 12.9. The minimum Gasteiger partial charge on any atom is -0.506 e. The van der Waals surface area contributed by atoms with E-state index in [9.17, 15) is 35.8 Å². The van der Waals surface area contributed by atoms with Crippen LogP contribution in [0, 0.1) is 7.14 Å². The summed E-state index contributed by atoms with van der Waals surface area (Å²) in [6.45, 7) is 0. The van der Waals surface area contributed by atoms with Crippen molar-refractivity contribution < 1.29 is 35.8 Å². The average Bonchev–Trinajstić information content (AvgIpc) is 2.33. The van der Waals surface area contributed by atoms with Crippen LogP contribution in [0.25, 0.3) is 0 Å². The fourth-order valence-corrected chi connectivity index (χ4v) is 3.01. The molecule has 0 atom stereocenters. The van der Waals surface area contributed by atoms with Gasteiger partial charge in [0.2, 0.25) is 0 Å². The Hall–Kier alpha value is -0.540. The first-order chi connectivity index (χ1) is 9.79. The molecule has 0 saturated heterocycles. The molecular formula is C10H5F7I2N2O. The first-order valence-electron chi connectivity index (χ1n) is 5.10. The van der Waals surface area contributed by atoms with E-state index < -0.39 is 18.1 Å². The fraction of sp³-hybridized carbons (Fsp3) is 0.300. The quantitative estimate of drug-likeness (QED) is 0.191. The Bertz CT molecular complexity index is 589. The van der Waals surface area contributed by atoms with Gasteiger partial charge in [0.25, 0.3) is 0 Å². The Morgan fingerprint density at radius 3 is 2.09 bits per heavy atom. The van der Waals surface area contributed by atoms with Gasteiger partial charge in [0.05, 0.1) is 9.78 Å². The van der Waals surface area contributed by atoms with Crippen LogP contribution in [0.3, 0.4) is 0 Å². The number of aromatic hydroxyl groups is 1. The molecule has 0 saturated carbocycles. The molecule has 22 heavy (non-hydrogen) atoms. The zero-order valence-electron chi connectivity index (χ0n) is 10.0. The second-order valence-electron chi connectivity index (χ2n) is 3.84. The first-order valence-corrected chi connectivity index (χ1v) is 7.26. The fourth-order valence-electron chi connectivity index (χ4n) is 1.12. The molecule has 0 bridgehead atoms. The van der Waals surface area contributed by atoms with Crippen molar-refractivity contribution in [1.29, 1.82) is 0 Å². The Balaban J connectivity index is 2.99. The van der Waals surface area contributed by atoms with Gasteiger partial charge in [-0.25, -0.2) is 5.43 Å². The lowest BCUT2D eigenvalue weighted by Gasteiger charge is -2.27. The number of hydrazone groups is 1. The van der Waals surface area contributed by atoms with Crippen LogP contribution in [0.15, 0.2) is 17.2 Å². The molecule has 0 aliphatic rings. The lowest BCUT2D eigenvalue weighted by molar-refractivity contribution is -0.361. The topological polar surface area (TPSA) is 44.6 Å². The van der Waals surface area contributed by atoms with Crippen LogP contribution in [-0.2, 0) is 0 Å². The molecule has 124 valence electrons. The van der Waals surface area contributed by atoms with Gasteiger partial charge in [0, 0.05) is 9.13 Å². The maximum Gasteiger partial charge on any atom is 0.462 e. The lowest BCUT2D eigenvalue weighted by Crippen LogP contribution is -2.58. The van der Waals surface area contributed by atoms with Crippen molar-refractivity contribution >= 4 is 51.4 Å². The summed E-state index contributed by atoms with van der Waals surface area (Å²) < 4.78 is 87.5. The Labute approximate surface area is 146 Å². The van der Waals surface area contributed by atoms with Crippen LogP contribution < -0.4 is 5.43 Å². The summed E-state index contributed by atoms with van der Waals surface area (Å²) in [5.41, 5.74) is 0.341. The van der Waals surface area contributed by atoms with Crippen molar-refractivity contribution in [2.24, 2.45) is 5.10 Å². The highest BCUT2D eigenvalue weighted by Gasteiger charge is 2.73. The summed E-state index contributed by atoms with van der Waals surface area (Å²) in [5.74, 6) is -6.68. The van der Waals surface area contributed by atoms with E-state index in [-0.39, 0.29) is 11.3 Å². The van der Waals surface area contributed by atoms with E-state index in [0.717, 1.165) is 0 Å². The van der Waals surface area contributed by atoms with E-state index in [4.69, 9.17) is 0 Å². The van der Waals surface area contributed by atoms with E-state index in [1.165, 1.54) is 12.1 Å². The van der Waals surface area contributed by atoms with Gasteiger partial charge in [-0.15, -0.1) is 0 Å². The molecule has 0 aliphatic heterocycles. The number of phenolic OH excluding ortho intramolecular Hbond substituents is 1. The maximum atomic E-state index is 12.9. The highest BCUT2D eigenvalue weighted by atomic mass is 127. The molecule has 0 unspecified atom stereocenters. The normalized spacial score (nSPS) is 13.7. The van der Waals surface area contributed by atoms with Crippen molar-refractivity contribution in [3.05, 3.63) is 24.8 Å². The number of nitrogens with zero attached hydrogens (tertiary/aromatic N) is 1. The monoisotopic (exact) mass is 556 g/mol. The second-order valence-corrected chi connectivity index (χ2v) is 6.25. The van der Waals surface area contributed by atoms with Crippen LogP contribution in [0.2, 0.25) is 0 Å². The Morgan fingerprint density at radius 2 is 1.59 bits per heavy atom. The van der Waals surface area contributed by atoms with Crippen LogP contribution in [0.4, 0.5) is 30.7 Å². The highest BCUT2D eigenvalue weighted by Crippen LogP contribution is 2.45. The van der Waals surface area contributed by atoms with Gasteiger partial charge in [0.1, 0.15) is 5.75 Å². The third kappa shape index (κ3) is 4.05. The second kappa shape index (κ2) is 6.52. The van der Waals surface area contributed by atoms with Crippen LogP contribution in [-0.4, -0.2) is 29.5 Å². The standard InChI is InChI=1S/C10H5F7I2N2O/c11-8(12,9(13,14)15)10(16,17)21-20-3-4-1-5(18)2-6(19)7(4)22/h1-3,21-22H/b20-3+. The molecule has 0 fully saturated rings. The Morgan fingerprint density at radius 1 is 1.05 bits per heavy atom. The number of hydrogen-bond acceptors (Lipinski definition) is 3. The lowest BCUT2D eigenvalue weighted by atomic mass is 10.2. The van der Waals surface area contributed by atoms with Crippen LogP contribution in [0.5, 0.6) is 5.75 Å². The zero-order valence-corrected chi connectivity index (χ0v) is 14.3. The van der Waals surface area contributed by atoms with Crippen molar-refractivity contribution in [3.63, 3.8) is 0 Å². The summed E-state index contributed by atoms with van der Waals surface area (Å²) in [5, 5.41) is 12.3. The van der Waals surface area contributed by atoms with Crippen LogP contribution >= 0.6 is 45.2 Å². The summed E-state index contributed by atoms with van der Waals surface area (Å²) in [6.07, 6.45) is -5.93. The molecule has 1 aromatic carbocycles. The van der Waals surface area contributed by atoms with E-state index in [1.54, 1.807) is 22.6 Å². The van der Waals surface area contributed by atoms with E-state index >= 15 is 0 Å². The Kier molecular flexibility index (Phi) is 5.79. The van der Waals surface area contributed by atoms with Gasteiger partial charge in [-0.05, 0) is 57.3 Å². The van der Waals surface area contributed by atoms with E-state index in [1.807, 2.05) is 22.6 Å². The number of benzene rings is 1. The summed E-state index contributed by atoms with van der Waals surface area (Å²) in [4.78, 5) is 0. The molecule has 3 nitrogen and oxygen atoms in total. The SMILES string of the molecule is Oc1c(I)cc(I)cc1/C=N/NC(F)(F)C(F)(F)C(F)(F)F. The van der Waals surface area contributed by atoms with E-state index in [0.29, 0.717) is 18.8 Å². The molecule has 0 heterocycles. The minimum absolute atomic E-state index is 0.130. The van der Waals surface area contributed by atoms with Gasteiger partial charge in [-0.3, -0.25) is 0 Å². The van der Waals surface area contributed by atoms with Gasteiger partial charge in [-0.2, -0.15) is 35.8 Å². The summed E-state index contributed by atoms with van der Waals surface area (Å²) in [6, 6.07) is -2.86. The molecule has 0 aromatic heterocycles. The molecule has 0 radical (unpaired) electrons. The van der Waals surface area contributed by atoms with Crippen LogP contribution in [0.1, 0.15) is 5.56 Å². The smallest absolute Gasteiger partial charge is 0.462 e. The molecule has 12 heteroatoms. The third-order valence-corrected chi connectivity index (χ3v) is 3.66. The molecule has 0 amide bonds. The number of halogens is 9. The summed E-state index contributed by atoms with van der Waals surface area (Å²) >= 11 is 3.54. The van der Waals surface area contributed by atoms with Crippen molar-refractivity contribution in [2.75, 3.05) is 0 Å². The molecular weight excluding hydrogens is 551 g/mol. The third-order valence-electron chi connectivity index (χ3n) is 2.22. The van der Waals surface area contributed by atoms with Gasteiger partial charge < -0.3 is 5.11 Å². The highest BCUT2D eigenvalue weighted by molar-refractivity contribution is 14.1. The number of alkyl halides is 7. The largest absolute Gasteiger partial charge is 0.506 e. The first kappa shape index (κ1) is 19.5. The van der Waals surface area contributed by atoms with Crippen molar-refractivity contribution in [1.82, 2.24) is 5.43 Å². The molecule has 1 aromatic rings. The van der Waals surface area contributed by atoms with Gasteiger partial charge >= 0.3 is 18.1 Å². The van der Waals surface area contributed by atoms with Crippen molar-refractivity contribution in [3.8, 4) is 5.75 Å². The van der Waals surface area contributed by atoms with Gasteiger partial charge in [0.15, 0.2) is 0 Å². The average molecular weight is 556 g/mol. The van der Waals surface area contributed by atoms with Crippen molar-refractivity contribution in [2.45, 2.75) is 18.1 Å². The predicted octanol–water partition coefficient (Wildman–Crippen LogP) is 4.32. The molecule has 1 rings (SSSR count). The molecule has 0 spiro atoms. The number of phenols is 1. The predicted molar refractivity (Wildman–Crippen MR) is 80.2 cm³/mol. The molecule has 0 aliphatic carbocycles. The zero-order chi connectivity index (χ0) is 17.3. The number of nitrogens with one attached hydrogen (secondary N) is 1. The van der Waals surface area contributed by atoms with E-state index in [2.05, 4.69) is 5.10 Å². The molecule has 2 N–H and O–H groups in total. The number of rotatable bonds is 4. The minimum atomic E-state index is -6.45. The van der Waals surface area contributed by atoms with Gasteiger partial charge in [-0.1, -0.05) is 0 Å².